The molecule has 1 unspecified atom stereocenters. The number of ether oxygens (including phenoxy) is 1. The molecule has 4 heteroatoms. The van der Waals surface area contributed by atoms with Crippen LogP contribution in [0.15, 0.2) is 41.3 Å². The Labute approximate surface area is 176 Å². The van der Waals surface area contributed by atoms with Gasteiger partial charge in [-0.2, -0.15) is 0 Å². The Morgan fingerprint density at radius 1 is 0.931 bits per heavy atom. The van der Waals surface area contributed by atoms with Gasteiger partial charge in [-0.25, -0.2) is 0 Å². The molecular weight excluding hydrogens is 380 g/mol. The van der Waals surface area contributed by atoms with Crippen molar-refractivity contribution >= 4 is 23.3 Å². The minimum atomic E-state index is -0.614. The van der Waals surface area contributed by atoms with Crippen molar-refractivity contribution in [2.75, 3.05) is 6.26 Å². The molecule has 150 valence electrons. The topological polar surface area (TPSA) is 43.4 Å². The first-order chi connectivity index (χ1) is 13.9. The predicted molar refractivity (Wildman–Crippen MR) is 115 cm³/mol. The van der Waals surface area contributed by atoms with Crippen molar-refractivity contribution in [1.82, 2.24) is 0 Å². The van der Waals surface area contributed by atoms with Gasteiger partial charge in [0.2, 0.25) is 0 Å². The Bertz CT molecular complexity index is 986. The number of thioether (sulfide) groups is 1. The molecule has 2 aromatic rings. The number of aryl methyl sites for hydroxylation is 3. The van der Waals surface area contributed by atoms with Crippen molar-refractivity contribution in [2.24, 2.45) is 11.8 Å². The molecule has 0 aromatic heterocycles. The lowest BCUT2D eigenvalue weighted by atomic mass is 9.73. The standard InChI is InChI=1S/C25H26O3S/c1-12-9-13(2)19(14(3)10-12)21-23(26)20-18-11-17(25(28-18)22(20)24(21)27)15-5-7-16(29-4)8-6-15/h5-10,17-18,20-22,25H,11H2,1-4H3/t17-,18+,20+,21?,22-,25-/m1/s1. The van der Waals surface area contributed by atoms with Crippen LogP contribution in [-0.4, -0.2) is 30.0 Å². The fourth-order valence-corrected chi connectivity index (χ4v) is 6.48. The first kappa shape index (κ1) is 19.1. The summed E-state index contributed by atoms with van der Waals surface area (Å²) in [6.07, 6.45) is 2.61. The molecule has 0 amide bonds. The molecule has 2 saturated heterocycles. The largest absolute Gasteiger partial charge is 0.373 e. The van der Waals surface area contributed by atoms with Gasteiger partial charge in [0.15, 0.2) is 11.6 Å². The van der Waals surface area contributed by atoms with Crippen LogP contribution in [0, 0.1) is 32.6 Å². The number of hydrogen-bond donors (Lipinski definition) is 0. The van der Waals surface area contributed by atoms with Crippen LogP contribution in [-0.2, 0) is 14.3 Å². The van der Waals surface area contributed by atoms with Crippen LogP contribution in [0.2, 0.25) is 0 Å². The second-order valence-electron chi connectivity index (χ2n) is 8.86. The van der Waals surface area contributed by atoms with Gasteiger partial charge < -0.3 is 4.74 Å². The van der Waals surface area contributed by atoms with Gasteiger partial charge in [-0.1, -0.05) is 29.8 Å². The Kier molecular flexibility index (Phi) is 4.48. The number of fused-ring (bicyclic) bond motifs is 5. The van der Waals surface area contributed by atoms with E-state index in [-0.39, 0.29) is 41.5 Å². The molecule has 3 nitrogen and oxygen atoms in total. The average Bonchev–Trinajstić information content (AvgIpc) is 3.34. The molecule has 0 radical (unpaired) electrons. The molecule has 3 fully saturated rings. The lowest BCUT2D eigenvalue weighted by molar-refractivity contribution is -0.127. The van der Waals surface area contributed by atoms with Crippen molar-refractivity contribution in [3.63, 3.8) is 0 Å². The van der Waals surface area contributed by atoms with Crippen LogP contribution in [0.25, 0.3) is 0 Å². The van der Waals surface area contributed by atoms with E-state index in [1.54, 1.807) is 11.8 Å². The number of benzene rings is 2. The molecule has 6 atom stereocenters. The van der Waals surface area contributed by atoms with Gasteiger partial charge in [0, 0.05) is 10.8 Å². The number of carbonyl (C=O) groups excluding carboxylic acids is 2. The third-order valence-electron chi connectivity index (χ3n) is 7.15. The van der Waals surface area contributed by atoms with E-state index in [1.807, 2.05) is 13.8 Å². The van der Waals surface area contributed by atoms with Gasteiger partial charge >= 0.3 is 0 Å². The molecule has 1 aliphatic carbocycles. The highest BCUT2D eigenvalue weighted by Crippen LogP contribution is 2.57. The van der Waals surface area contributed by atoms with Crippen molar-refractivity contribution in [3.8, 4) is 0 Å². The quantitative estimate of drug-likeness (QED) is 0.545. The van der Waals surface area contributed by atoms with E-state index in [2.05, 4.69) is 49.6 Å². The minimum Gasteiger partial charge on any atom is -0.373 e. The van der Waals surface area contributed by atoms with E-state index >= 15 is 0 Å². The van der Waals surface area contributed by atoms with Gasteiger partial charge in [-0.3, -0.25) is 9.59 Å². The SMILES string of the molecule is CSc1ccc([C@H]2C[C@@H]3O[C@H]2[C@H]2C(=O)C(c4c(C)cc(C)cc4C)C(=O)[C@H]23)cc1. The number of carbonyl (C=O) groups is 2. The summed E-state index contributed by atoms with van der Waals surface area (Å²) in [4.78, 5) is 28.2. The molecule has 2 bridgehead atoms. The van der Waals surface area contributed by atoms with Crippen LogP contribution in [0.5, 0.6) is 0 Å². The first-order valence-electron chi connectivity index (χ1n) is 10.3. The monoisotopic (exact) mass is 406 g/mol. The number of Topliss-reactive ketones (excluding diaryl/α,β-unsaturated/α-hetero) is 2. The fraction of sp³-hybridized carbons (Fsp3) is 0.440. The van der Waals surface area contributed by atoms with Crippen molar-refractivity contribution < 1.29 is 14.3 Å². The van der Waals surface area contributed by atoms with Crippen molar-refractivity contribution in [1.29, 1.82) is 0 Å². The average molecular weight is 407 g/mol. The van der Waals surface area contributed by atoms with Crippen LogP contribution < -0.4 is 0 Å². The van der Waals surface area contributed by atoms with Crippen LogP contribution in [0.3, 0.4) is 0 Å². The molecule has 1 saturated carbocycles. The maximum absolute atomic E-state index is 13.6. The van der Waals surface area contributed by atoms with Gasteiger partial charge in [0.05, 0.1) is 24.0 Å². The second kappa shape index (κ2) is 6.82. The summed E-state index contributed by atoms with van der Waals surface area (Å²) in [6, 6.07) is 12.7. The highest BCUT2D eigenvalue weighted by molar-refractivity contribution is 7.98. The molecule has 3 aliphatic rings. The number of hydrogen-bond acceptors (Lipinski definition) is 4. The van der Waals surface area contributed by atoms with E-state index < -0.39 is 5.92 Å². The molecule has 5 rings (SSSR count). The lowest BCUT2D eigenvalue weighted by Crippen LogP contribution is -2.34. The van der Waals surface area contributed by atoms with Crippen molar-refractivity contribution in [3.05, 3.63) is 64.2 Å². The summed E-state index contributed by atoms with van der Waals surface area (Å²) in [5, 5.41) is 0. The van der Waals surface area contributed by atoms with Crippen molar-refractivity contribution in [2.45, 2.75) is 56.1 Å². The van der Waals surface area contributed by atoms with Crippen LogP contribution in [0.1, 0.15) is 46.1 Å². The smallest absolute Gasteiger partial charge is 0.154 e. The summed E-state index contributed by atoms with van der Waals surface area (Å²) in [7, 11) is 0. The van der Waals surface area contributed by atoms with Crippen LogP contribution in [0.4, 0.5) is 0 Å². The minimum absolute atomic E-state index is 0.0768. The molecular formula is C25H26O3S. The summed E-state index contributed by atoms with van der Waals surface area (Å²) < 4.78 is 6.22. The van der Waals surface area contributed by atoms with Gasteiger partial charge in [-0.05, 0) is 67.8 Å². The zero-order valence-corrected chi connectivity index (χ0v) is 18.1. The van der Waals surface area contributed by atoms with Gasteiger partial charge in [-0.15, -0.1) is 11.8 Å². The summed E-state index contributed by atoms with van der Waals surface area (Å²) in [6.45, 7) is 6.09. The maximum atomic E-state index is 13.6. The Morgan fingerprint density at radius 3 is 2.17 bits per heavy atom. The summed E-state index contributed by atoms with van der Waals surface area (Å²) in [5.74, 6) is -0.812. The normalized spacial score (nSPS) is 32.8. The lowest BCUT2D eigenvalue weighted by Gasteiger charge is -2.26. The molecule has 2 aliphatic heterocycles. The molecule has 2 heterocycles. The highest BCUT2D eigenvalue weighted by Gasteiger charge is 2.66. The van der Waals surface area contributed by atoms with E-state index in [1.165, 1.54) is 16.0 Å². The van der Waals surface area contributed by atoms with E-state index in [0.29, 0.717) is 0 Å². The summed E-state index contributed by atoms with van der Waals surface area (Å²) in [5.41, 5.74) is 5.41. The summed E-state index contributed by atoms with van der Waals surface area (Å²) >= 11 is 1.72. The molecule has 2 aromatic carbocycles. The number of ketones is 2. The molecule has 0 N–H and O–H groups in total. The Hall–Kier alpha value is -1.91. The fourth-order valence-electron chi connectivity index (χ4n) is 6.07. The van der Waals surface area contributed by atoms with Gasteiger partial charge in [0.1, 0.15) is 5.92 Å². The third-order valence-corrected chi connectivity index (χ3v) is 7.90. The van der Waals surface area contributed by atoms with E-state index in [4.69, 9.17) is 4.74 Å². The Balaban J connectivity index is 1.49. The van der Waals surface area contributed by atoms with E-state index in [0.717, 1.165) is 23.1 Å². The van der Waals surface area contributed by atoms with E-state index in [9.17, 15) is 9.59 Å². The molecule has 0 spiro atoms. The highest BCUT2D eigenvalue weighted by atomic mass is 32.2. The van der Waals surface area contributed by atoms with Gasteiger partial charge in [0.25, 0.3) is 0 Å². The maximum Gasteiger partial charge on any atom is 0.154 e. The third kappa shape index (κ3) is 2.76. The Morgan fingerprint density at radius 2 is 1.55 bits per heavy atom. The number of rotatable bonds is 3. The first-order valence-corrected chi connectivity index (χ1v) is 11.6. The zero-order chi connectivity index (χ0) is 20.4. The van der Waals surface area contributed by atoms with Crippen LogP contribution >= 0.6 is 11.8 Å². The predicted octanol–water partition coefficient (Wildman–Crippen LogP) is 4.76. The zero-order valence-electron chi connectivity index (χ0n) is 17.3. The molecule has 29 heavy (non-hydrogen) atoms. The second-order valence-corrected chi connectivity index (χ2v) is 9.74.